The monoisotopic (exact) mass is 1710 g/mol. The van der Waals surface area contributed by atoms with Gasteiger partial charge in [0, 0.05) is 39.4 Å². The van der Waals surface area contributed by atoms with Gasteiger partial charge in [-0.25, -0.2) is 0 Å². The smallest absolute Gasteiger partial charge is 0.296 e. The minimum Gasteiger partial charge on any atom is -0.507 e. The average Bonchev–Trinajstić information content (AvgIpc) is 0.751. The van der Waals surface area contributed by atoms with Crippen LogP contribution in [0.4, 0.5) is 68.2 Å². The van der Waals surface area contributed by atoms with Gasteiger partial charge < -0.3 is 30.5 Å². The number of fused-ring (bicyclic) bond motifs is 4. The molecule has 0 saturated carbocycles. The summed E-state index contributed by atoms with van der Waals surface area (Å²) in [4.78, 5) is -6.33. The van der Waals surface area contributed by atoms with Gasteiger partial charge in [-0.3, -0.25) is 36.4 Å². The number of phenolic OH excluding ortho intramolecular Hbond substituents is 4. The van der Waals surface area contributed by atoms with Gasteiger partial charge in [0.25, 0.3) is 80.9 Å². The molecule has 40 nitrogen and oxygen atoms in total. The Morgan fingerprint density at radius 3 is 1.47 bits per heavy atom. The first-order valence-corrected chi connectivity index (χ1v) is 42.5. The molecule has 0 fully saturated rings. The molecule has 0 bridgehead atoms. The van der Waals surface area contributed by atoms with Crippen LogP contribution in [-0.4, -0.2) is 137 Å². The lowest BCUT2D eigenvalue weighted by Crippen LogP contribution is -2.08. The number of nitrogens with zero attached hydrogens (tertiary/aromatic N) is 10. The first-order valence-electron chi connectivity index (χ1n) is 30.5. The number of halogens is 1. The summed E-state index contributed by atoms with van der Waals surface area (Å²) >= 11 is 6.22. The molecule has 11 aromatic carbocycles. The second-order valence-corrected chi connectivity index (χ2v) is 35.5. The molecule has 0 atom stereocenters. The maximum Gasteiger partial charge on any atom is 0.296 e. The third-order valence-corrected chi connectivity index (χ3v) is 23.0. The summed E-state index contributed by atoms with van der Waals surface area (Å²) in [7, 11) is -40.5. The van der Waals surface area contributed by atoms with E-state index in [0.29, 0.717) is 6.07 Å². The number of aromatic hydroxyl groups is 4. The van der Waals surface area contributed by atoms with Crippen molar-refractivity contribution in [2.45, 2.75) is 54.5 Å². The fourth-order valence-electron chi connectivity index (χ4n) is 10.9. The Morgan fingerprint density at radius 1 is 0.375 bits per heavy atom. The van der Waals surface area contributed by atoms with Gasteiger partial charge in [0.05, 0.1) is 70.8 Å². The van der Waals surface area contributed by atoms with Crippen LogP contribution in [0.5, 0.6) is 28.7 Å². The standard InChI is InChI=1S/C63H48ClN11O29S8/c1-29-16-48(51(104-13-4-14-105(80,81)82)28-47(29)68-70-49-25-39(108(89,90)91)18-33-19-40(109(92,93)94)26-50(76)55(33)49)69-74-58-53(111(98,99)100)21-32-17-35(9-10-41(32)61(58)77)66-72-57-44-27-54(112(101,102)103)60(62(78)42(44)11-12-46(57)65-34-5-3-6-37(22-34)106(83,84)85)73-67-36-8-7-31-20-52(110(95,96)97)59(63(79)43(31)23-36)75-71-56-30(2)15-38(24-45(56)64)107(86,87)88/h3,5-12,15-28,65,76-79H,4,13-14H2,1-2H3,(H,80,81,82)(H,83,84,85)(H,86,87,88)(H,89,90,91)(H,92,93,94)(H,95,96,97)(H,98,99,100)(H,101,102,103). The fourth-order valence-corrected chi connectivity index (χ4v) is 15.9. The van der Waals surface area contributed by atoms with Crippen molar-refractivity contribution >= 4 is 204 Å². The Balaban J connectivity index is 0.986. The predicted molar refractivity (Wildman–Crippen MR) is 396 cm³/mol. The Kier molecular flexibility index (Phi) is 22.0. The molecule has 0 unspecified atom stereocenters. The Bertz CT molecular complexity index is 7050. The maximum atomic E-state index is 13.4. The largest absolute Gasteiger partial charge is 0.507 e. The normalized spacial score (nSPS) is 13.2. The van der Waals surface area contributed by atoms with E-state index in [-0.39, 0.29) is 101 Å². The number of nitrogens with one attached hydrogen (secondary N) is 1. The third-order valence-electron chi connectivity index (χ3n) is 16.0. The first kappa shape index (κ1) is 81.8. The van der Waals surface area contributed by atoms with E-state index in [9.17, 15) is 124 Å². The van der Waals surface area contributed by atoms with Crippen LogP contribution in [0.25, 0.3) is 43.1 Å². The number of rotatable bonds is 24. The Hall–Kier alpha value is -11.2. The van der Waals surface area contributed by atoms with Crippen molar-refractivity contribution in [2.75, 3.05) is 17.7 Å². The van der Waals surface area contributed by atoms with Crippen LogP contribution in [0.15, 0.2) is 225 Å². The molecule has 0 saturated heterocycles. The molecular formula is C63H48ClN11O29S8. The number of benzene rings is 11. The van der Waals surface area contributed by atoms with Gasteiger partial charge in [-0.1, -0.05) is 23.7 Å². The van der Waals surface area contributed by atoms with Crippen molar-refractivity contribution in [2.24, 2.45) is 51.1 Å². The van der Waals surface area contributed by atoms with Crippen LogP contribution < -0.4 is 10.1 Å². The van der Waals surface area contributed by atoms with Crippen LogP contribution in [0, 0.1) is 13.8 Å². The van der Waals surface area contributed by atoms with Crippen LogP contribution in [0.1, 0.15) is 17.5 Å². The van der Waals surface area contributed by atoms with Gasteiger partial charge in [-0.2, -0.15) is 82.7 Å². The van der Waals surface area contributed by atoms with Crippen molar-refractivity contribution in [1.29, 1.82) is 0 Å². The van der Waals surface area contributed by atoms with Crippen molar-refractivity contribution < 1.29 is 129 Å². The van der Waals surface area contributed by atoms with Crippen LogP contribution >= 0.6 is 11.6 Å². The summed E-state index contributed by atoms with van der Waals surface area (Å²) in [6.07, 6.45) is -0.381. The molecule has 49 heteroatoms. The van der Waals surface area contributed by atoms with E-state index < -0.39 is 189 Å². The molecule has 0 aromatic heterocycles. The molecule has 11 aromatic rings. The lowest BCUT2D eigenvalue weighted by Gasteiger charge is -2.15. The quantitative estimate of drug-likeness (QED) is 0.0152. The topological polar surface area (TPSA) is 661 Å². The van der Waals surface area contributed by atoms with Crippen molar-refractivity contribution in [3.8, 4) is 28.7 Å². The SMILES string of the molecule is Cc1cc(N=Nc2c(S(=O)(=O)O)cc3cc(N=Nc4c(Nc5cccc(S(=O)(=O)O)c5)ccc5c(O)c(N=Nc6ccc7cc(S(=O)(=O)O)c(N=Nc8c(C)cc(S(=O)(=O)O)cc8Cl)c(O)c7c6)c(S(=O)(=O)O)cc45)ccc3c2O)c(OCCCS(=O)(=O)O)cc1N=Nc1cc(S(=O)(=O)O)cc2cc(S(=O)(=O)O)cc(O)c12. The third kappa shape index (κ3) is 18.1. The highest BCUT2D eigenvalue weighted by Crippen LogP contribution is 2.51. The molecule has 584 valence electrons. The second kappa shape index (κ2) is 30.2. The van der Waals surface area contributed by atoms with Gasteiger partial charge >= 0.3 is 0 Å². The van der Waals surface area contributed by atoms with E-state index in [1.807, 2.05) is 0 Å². The molecule has 0 spiro atoms. The summed E-state index contributed by atoms with van der Waals surface area (Å²) in [5, 5.41) is 86.5. The molecule has 0 aliphatic heterocycles. The number of aryl methyl sites for hydroxylation is 2. The molecule has 13 N–H and O–H groups in total. The van der Waals surface area contributed by atoms with Crippen molar-refractivity contribution in [1.82, 2.24) is 0 Å². The minimum atomic E-state index is -5.54. The molecule has 112 heavy (non-hydrogen) atoms. The highest BCUT2D eigenvalue weighted by atomic mass is 35.5. The first-order chi connectivity index (χ1) is 51.9. The van der Waals surface area contributed by atoms with E-state index in [1.165, 1.54) is 44.2 Å². The van der Waals surface area contributed by atoms with Gasteiger partial charge in [0.1, 0.15) is 60.3 Å². The Labute approximate surface area is 636 Å². The van der Waals surface area contributed by atoms with E-state index in [2.05, 4.69) is 56.5 Å². The number of anilines is 2. The van der Waals surface area contributed by atoms with Gasteiger partial charge in [0.2, 0.25) is 0 Å². The van der Waals surface area contributed by atoms with Gasteiger partial charge in [0.15, 0.2) is 17.2 Å². The lowest BCUT2D eigenvalue weighted by molar-refractivity contribution is 0.317. The molecular weight excluding hydrogens is 1670 g/mol. The van der Waals surface area contributed by atoms with E-state index in [1.54, 1.807) is 0 Å². The number of ether oxygens (including phenoxy) is 1. The highest BCUT2D eigenvalue weighted by Gasteiger charge is 2.29. The summed E-state index contributed by atoms with van der Waals surface area (Å²) in [6.45, 7) is 2.15. The number of hydrogen-bond acceptors (Lipinski definition) is 32. The maximum absolute atomic E-state index is 13.4. The zero-order valence-corrected chi connectivity index (χ0v) is 63.1. The number of azo groups is 5. The molecule has 0 amide bonds. The number of hydrogen-bond donors (Lipinski definition) is 13. The molecule has 11 rings (SSSR count). The van der Waals surface area contributed by atoms with Crippen LogP contribution in [0.3, 0.4) is 0 Å². The van der Waals surface area contributed by atoms with E-state index >= 15 is 0 Å². The lowest BCUT2D eigenvalue weighted by atomic mass is 10.0. The van der Waals surface area contributed by atoms with E-state index in [4.69, 9.17) is 16.3 Å². The summed E-state index contributed by atoms with van der Waals surface area (Å²) in [5.74, 6) is -5.07. The van der Waals surface area contributed by atoms with Crippen LogP contribution in [-0.2, 0) is 80.9 Å². The summed E-state index contributed by atoms with van der Waals surface area (Å²) < 4.78 is 284. The van der Waals surface area contributed by atoms with Crippen molar-refractivity contribution in [3.63, 3.8) is 0 Å². The highest BCUT2D eigenvalue weighted by molar-refractivity contribution is 7.87. The van der Waals surface area contributed by atoms with Crippen LogP contribution in [0.2, 0.25) is 5.02 Å². The average molecular weight is 1720 g/mol. The fraction of sp³-hybridized carbons (Fsp3) is 0.0794. The van der Waals surface area contributed by atoms with E-state index in [0.717, 1.165) is 103 Å². The number of phenols is 4. The summed E-state index contributed by atoms with van der Waals surface area (Å²) in [5.41, 5.74) is -5.30. The predicted octanol–water partition coefficient (Wildman–Crippen LogP) is 14.6. The molecule has 0 radical (unpaired) electrons. The summed E-state index contributed by atoms with van der Waals surface area (Å²) in [6, 6.07) is 22.8. The van der Waals surface area contributed by atoms with Crippen molar-refractivity contribution in [3.05, 3.63) is 156 Å². The zero-order chi connectivity index (χ0) is 82.1. The molecule has 0 heterocycles. The van der Waals surface area contributed by atoms with Gasteiger partial charge in [-0.15, -0.1) is 35.8 Å². The molecule has 0 aliphatic rings. The van der Waals surface area contributed by atoms with Gasteiger partial charge in [-0.05, 0) is 163 Å². The zero-order valence-electron chi connectivity index (χ0n) is 55.8. The Morgan fingerprint density at radius 2 is 0.875 bits per heavy atom. The molecule has 0 aliphatic carbocycles. The minimum absolute atomic E-state index is 0.0196. The second-order valence-electron chi connectivity index (χ2n) is 23.7.